The molecule has 1 fully saturated rings. The number of carbonyl (C=O) groups excluding carboxylic acids is 1. The Morgan fingerprint density at radius 2 is 1.97 bits per heavy atom. The van der Waals surface area contributed by atoms with Crippen LogP contribution in [-0.4, -0.2) is 57.8 Å². The number of anilines is 2. The van der Waals surface area contributed by atoms with Crippen LogP contribution in [0.15, 0.2) is 41.0 Å². The lowest BCUT2D eigenvalue weighted by Crippen LogP contribution is -2.38. The van der Waals surface area contributed by atoms with Crippen LogP contribution in [0.1, 0.15) is 13.3 Å². The molecule has 4 rings (SSSR count). The summed E-state index contributed by atoms with van der Waals surface area (Å²) in [5.41, 5.74) is 1.21. The van der Waals surface area contributed by atoms with Gasteiger partial charge in [0.05, 0.1) is 45.7 Å². The number of benzene rings is 2. The van der Waals surface area contributed by atoms with Crippen LogP contribution in [0.4, 0.5) is 30.4 Å². The molecular weight excluding hydrogens is 499 g/mol. The van der Waals surface area contributed by atoms with E-state index in [1.807, 2.05) is 0 Å². The number of amides is 1. The summed E-state index contributed by atoms with van der Waals surface area (Å²) in [5, 5.41) is 5.59. The average Bonchev–Trinajstić information content (AvgIpc) is 2.82. The van der Waals surface area contributed by atoms with Crippen molar-refractivity contribution >= 4 is 43.7 Å². The van der Waals surface area contributed by atoms with Crippen LogP contribution < -0.4 is 20.1 Å². The minimum Gasteiger partial charge on any atom is -0.496 e. The summed E-state index contributed by atoms with van der Waals surface area (Å²) in [6.45, 7) is 0.535. The number of hydrogen-bond donors (Lipinski definition) is 2. The topological polar surface area (TPSA) is 115 Å². The molecule has 0 unspecified atom stereocenters. The monoisotopic (exact) mass is 523 g/mol. The molecule has 13 heteroatoms. The summed E-state index contributed by atoms with van der Waals surface area (Å²) in [6, 6.07) is 6.95. The fraction of sp³-hybridized carbons (Fsp3) is 0.348. The van der Waals surface area contributed by atoms with Crippen molar-refractivity contribution in [3.05, 3.63) is 42.5 Å². The molecule has 9 nitrogen and oxygen atoms in total. The Bertz CT molecular complexity index is 1400. The lowest BCUT2D eigenvalue weighted by Gasteiger charge is -2.19. The van der Waals surface area contributed by atoms with Gasteiger partial charge in [-0.3, -0.25) is 4.79 Å². The molecule has 1 atom stereocenters. The molecule has 0 bridgehead atoms. The van der Waals surface area contributed by atoms with Crippen molar-refractivity contribution in [3.8, 4) is 11.5 Å². The van der Waals surface area contributed by atoms with Crippen molar-refractivity contribution in [2.45, 2.75) is 25.9 Å². The smallest absolute Gasteiger partial charge is 0.260 e. The Hall–Kier alpha value is -3.61. The van der Waals surface area contributed by atoms with Crippen LogP contribution in [-0.2, 0) is 14.5 Å². The van der Waals surface area contributed by atoms with Gasteiger partial charge in [0.2, 0.25) is 0 Å². The van der Waals surface area contributed by atoms with Crippen molar-refractivity contribution < 1.29 is 31.6 Å². The van der Waals surface area contributed by atoms with Crippen molar-refractivity contribution in [2.24, 2.45) is 4.36 Å². The predicted molar refractivity (Wildman–Crippen MR) is 129 cm³/mol. The van der Waals surface area contributed by atoms with E-state index in [4.69, 9.17) is 9.47 Å². The SMILES string of the molecule is COc1cc(N=S2(=O)CCC2)cc2ncnc(Nc3ccc(F)cc3O[C@H](C)C(=O)NCC(F)F)c12. The number of carbonyl (C=O) groups is 1. The molecule has 1 aliphatic heterocycles. The van der Waals surface area contributed by atoms with Gasteiger partial charge in [-0.1, -0.05) is 0 Å². The minimum absolute atomic E-state index is 0.0334. The largest absolute Gasteiger partial charge is 0.496 e. The molecule has 0 spiro atoms. The zero-order chi connectivity index (χ0) is 25.9. The number of hydrogen-bond acceptors (Lipinski definition) is 8. The van der Waals surface area contributed by atoms with E-state index in [0.29, 0.717) is 39.7 Å². The Morgan fingerprint density at radius 3 is 2.64 bits per heavy atom. The maximum Gasteiger partial charge on any atom is 0.260 e. The first-order chi connectivity index (χ1) is 17.2. The maximum absolute atomic E-state index is 14.0. The molecule has 0 saturated carbocycles. The lowest BCUT2D eigenvalue weighted by molar-refractivity contribution is -0.127. The first-order valence-corrected chi connectivity index (χ1v) is 12.9. The van der Waals surface area contributed by atoms with E-state index in [9.17, 15) is 22.2 Å². The molecule has 0 aliphatic carbocycles. The zero-order valence-corrected chi connectivity index (χ0v) is 20.3. The number of rotatable bonds is 9. The Balaban J connectivity index is 1.66. The Labute approximate surface area is 205 Å². The highest BCUT2D eigenvalue weighted by Gasteiger charge is 2.22. The molecule has 2 N–H and O–H groups in total. The summed E-state index contributed by atoms with van der Waals surface area (Å²) >= 11 is 0. The van der Waals surface area contributed by atoms with Crippen LogP contribution in [0.5, 0.6) is 11.5 Å². The van der Waals surface area contributed by atoms with E-state index >= 15 is 0 Å². The van der Waals surface area contributed by atoms with Crippen molar-refractivity contribution in [2.75, 3.05) is 30.5 Å². The van der Waals surface area contributed by atoms with Gasteiger partial charge in [-0.2, -0.15) is 4.36 Å². The van der Waals surface area contributed by atoms with Gasteiger partial charge in [0.1, 0.15) is 29.5 Å². The third-order valence-corrected chi connectivity index (χ3v) is 7.80. The van der Waals surface area contributed by atoms with E-state index in [2.05, 4.69) is 25.0 Å². The van der Waals surface area contributed by atoms with Gasteiger partial charge in [0, 0.05) is 23.6 Å². The highest BCUT2D eigenvalue weighted by Crippen LogP contribution is 2.38. The first kappa shape index (κ1) is 25.5. The highest BCUT2D eigenvalue weighted by molar-refractivity contribution is 7.95. The van der Waals surface area contributed by atoms with Gasteiger partial charge in [0.25, 0.3) is 12.3 Å². The number of nitrogens with zero attached hydrogens (tertiary/aromatic N) is 3. The summed E-state index contributed by atoms with van der Waals surface area (Å²) in [6.07, 6.45) is -1.71. The van der Waals surface area contributed by atoms with Gasteiger partial charge in [-0.05, 0) is 31.5 Å². The van der Waals surface area contributed by atoms with Gasteiger partial charge >= 0.3 is 0 Å². The van der Waals surface area contributed by atoms with Crippen LogP contribution in [0.3, 0.4) is 0 Å². The molecule has 192 valence electrons. The number of fused-ring (bicyclic) bond motifs is 1. The third-order valence-electron chi connectivity index (χ3n) is 5.41. The van der Waals surface area contributed by atoms with E-state index in [1.54, 1.807) is 12.1 Å². The molecule has 0 radical (unpaired) electrons. The highest BCUT2D eigenvalue weighted by atomic mass is 32.2. The second-order valence-electron chi connectivity index (χ2n) is 8.05. The van der Waals surface area contributed by atoms with Crippen LogP contribution >= 0.6 is 0 Å². The third kappa shape index (κ3) is 5.78. The van der Waals surface area contributed by atoms with Gasteiger partial charge in [-0.25, -0.2) is 27.3 Å². The normalized spacial score (nSPS) is 15.2. The second-order valence-corrected chi connectivity index (χ2v) is 10.6. The van der Waals surface area contributed by atoms with Gasteiger partial charge < -0.3 is 20.1 Å². The number of halogens is 3. The number of ether oxygens (including phenoxy) is 2. The van der Waals surface area contributed by atoms with Crippen molar-refractivity contribution in [3.63, 3.8) is 0 Å². The minimum atomic E-state index is -2.71. The summed E-state index contributed by atoms with van der Waals surface area (Å²) in [4.78, 5) is 20.6. The van der Waals surface area contributed by atoms with Gasteiger partial charge in [0.15, 0.2) is 6.10 Å². The molecule has 2 aromatic carbocycles. The molecule has 2 heterocycles. The van der Waals surface area contributed by atoms with Crippen LogP contribution in [0, 0.1) is 5.82 Å². The molecule has 1 aliphatic rings. The molecule has 1 aromatic heterocycles. The number of methoxy groups -OCH3 is 1. The molecule has 36 heavy (non-hydrogen) atoms. The first-order valence-electron chi connectivity index (χ1n) is 11.0. The number of alkyl halides is 2. The van der Waals surface area contributed by atoms with E-state index in [-0.39, 0.29) is 11.4 Å². The summed E-state index contributed by atoms with van der Waals surface area (Å²) in [7, 11) is -0.785. The quantitative estimate of drug-likeness (QED) is 0.433. The van der Waals surface area contributed by atoms with Gasteiger partial charge in [-0.15, -0.1) is 0 Å². The van der Waals surface area contributed by atoms with Crippen LogP contribution in [0.25, 0.3) is 10.9 Å². The summed E-state index contributed by atoms with van der Waals surface area (Å²) in [5.74, 6) is 0.335. The molecule has 1 saturated heterocycles. The van der Waals surface area contributed by atoms with E-state index in [0.717, 1.165) is 12.5 Å². The van der Waals surface area contributed by atoms with Crippen molar-refractivity contribution in [1.29, 1.82) is 0 Å². The molecule has 3 aromatic rings. The number of nitrogens with one attached hydrogen (secondary N) is 2. The summed E-state index contributed by atoms with van der Waals surface area (Å²) < 4.78 is 66.9. The van der Waals surface area contributed by atoms with E-state index < -0.39 is 40.5 Å². The lowest BCUT2D eigenvalue weighted by atomic mass is 10.2. The fourth-order valence-electron chi connectivity index (χ4n) is 3.51. The van der Waals surface area contributed by atoms with E-state index in [1.165, 1.54) is 32.5 Å². The standard InChI is InChI=1S/C23H24F3N5O4S/c1-13(23(32)27-11-20(25)26)35-18-8-14(24)4-5-16(18)30-22-21-17(28-12-29-22)9-15(10-19(21)34-2)31-36(33)6-3-7-36/h4-5,8-10,12-13,20H,3,6-7,11H2,1-2H3,(H,27,32)(H,28,29,30)/t13-/m1/s1. The molecular formula is C23H24F3N5O4S. The second kappa shape index (κ2) is 10.6. The fourth-order valence-corrected chi connectivity index (χ4v) is 4.97. The Kier molecular flexibility index (Phi) is 7.48. The molecule has 1 amide bonds. The maximum atomic E-state index is 14.0. The Morgan fingerprint density at radius 1 is 1.19 bits per heavy atom. The average molecular weight is 524 g/mol. The number of aromatic nitrogens is 2. The van der Waals surface area contributed by atoms with Crippen LogP contribution in [0.2, 0.25) is 0 Å². The predicted octanol–water partition coefficient (Wildman–Crippen LogP) is 4.17. The zero-order valence-electron chi connectivity index (χ0n) is 19.5. The van der Waals surface area contributed by atoms with Crippen molar-refractivity contribution in [1.82, 2.24) is 15.3 Å².